The molecular formula is C50H58N4O15S2. The number of nitrogens with one attached hydrogen (secondary N) is 3. The van der Waals surface area contributed by atoms with Crippen LogP contribution in [0.25, 0.3) is 21.8 Å². The number of ether oxygens (including phenoxy) is 7. The molecule has 0 spiro atoms. The average molecular weight is 1020 g/mol. The molecule has 380 valence electrons. The Kier molecular flexibility index (Phi) is 19.1. The standard InChI is InChI=1S/C50H58N4O15S2/c1-9-10-11-12-13-14-37(41-31(18-20-71-28(5)55)35(56)22-36(57)43(41)54-49(62)64-7)68-48-45(69-40-23-38(63-6)34(24-66-40)52-26(2)3)47(61)50(70-8,27(4)67-48)46(60)44-42-30(17-19-51-44)32-21-29(65-25-39(58)59)15-16-33(32)53-42/h11-12,15-19,21,26-27,34-35,37-38,40,45,47-48,52-53,56,61H,20,22-25H2,1-8H3,(H,54,62)(H,58,59)/b12-11-,31-18-/t27?,34?,35-,37-,38?,40?,45?,47?,48?,50?/m0/s1. The van der Waals surface area contributed by atoms with Crippen molar-refractivity contribution in [3.63, 3.8) is 0 Å². The van der Waals surface area contributed by atoms with Crippen LogP contribution in [0.3, 0.4) is 0 Å². The van der Waals surface area contributed by atoms with Crippen molar-refractivity contribution in [2.45, 2.75) is 113 Å². The van der Waals surface area contributed by atoms with Gasteiger partial charge in [-0.2, -0.15) is 0 Å². The van der Waals surface area contributed by atoms with Gasteiger partial charge in [-0.15, -0.1) is 17.7 Å². The number of pyridine rings is 1. The number of Topliss-reactive ketones (excluding diaryl/α,β-unsaturated/α-hetero) is 2. The zero-order valence-corrected chi connectivity index (χ0v) is 42.1. The number of aromatic amines is 1. The van der Waals surface area contributed by atoms with Gasteiger partial charge in [0.15, 0.2) is 30.1 Å². The summed E-state index contributed by atoms with van der Waals surface area (Å²) in [5.41, 5.74) is 0.579. The van der Waals surface area contributed by atoms with Gasteiger partial charge in [0, 0.05) is 66.7 Å². The number of methoxy groups -OCH3 is 2. The molecule has 19 nitrogen and oxygen atoms in total. The zero-order chi connectivity index (χ0) is 51.6. The van der Waals surface area contributed by atoms with Crippen molar-refractivity contribution in [2.75, 3.05) is 39.4 Å². The lowest BCUT2D eigenvalue weighted by molar-refractivity contribution is -0.323. The molecule has 1 aromatic carbocycles. The van der Waals surface area contributed by atoms with E-state index in [0.29, 0.717) is 21.8 Å². The van der Waals surface area contributed by atoms with Gasteiger partial charge < -0.3 is 58.8 Å². The Morgan fingerprint density at radius 2 is 1.87 bits per heavy atom. The van der Waals surface area contributed by atoms with Gasteiger partial charge in [0.05, 0.1) is 49.3 Å². The molecule has 2 aromatic heterocycles. The number of aliphatic hydroxyl groups is 2. The topological polar surface area (TPSA) is 263 Å². The van der Waals surface area contributed by atoms with Gasteiger partial charge >= 0.3 is 12.1 Å². The van der Waals surface area contributed by atoms with Crippen LogP contribution < -0.4 is 15.4 Å². The Morgan fingerprint density at radius 3 is 2.55 bits per heavy atom. The summed E-state index contributed by atoms with van der Waals surface area (Å²) in [7, 11) is 2.67. The molecule has 2 fully saturated rings. The van der Waals surface area contributed by atoms with Crippen LogP contribution in [0.4, 0.5) is 4.79 Å². The number of hydrogen-bond acceptors (Lipinski definition) is 18. The van der Waals surface area contributed by atoms with E-state index in [1.165, 1.54) is 31.3 Å². The maximum atomic E-state index is 15.4. The van der Waals surface area contributed by atoms with E-state index in [0.717, 1.165) is 30.6 Å². The maximum absolute atomic E-state index is 15.4. The molecule has 10 atom stereocenters. The van der Waals surface area contributed by atoms with Gasteiger partial charge in [-0.3, -0.25) is 24.7 Å². The number of carbonyl (C=O) groups is 5. The van der Waals surface area contributed by atoms with E-state index in [2.05, 4.69) is 44.3 Å². The predicted molar refractivity (Wildman–Crippen MR) is 264 cm³/mol. The smallest absolute Gasteiger partial charge is 0.411 e. The second-order valence-electron chi connectivity index (χ2n) is 16.9. The number of amides is 1. The number of carboxylic acids is 1. The van der Waals surface area contributed by atoms with Crippen molar-refractivity contribution < 1.29 is 72.5 Å². The second kappa shape index (κ2) is 24.7. The molecule has 4 heterocycles. The summed E-state index contributed by atoms with van der Waals surface area (Å²) < 4.78 is 40.8. The van der Waals surface area contributed by atoms with E-state index in [9.17, 15) is 34.5 Å². The predicted octanol–water partition coefficient (Wildman–Crippen LogP) is 4.20. The third kappa shape index (κ3) is 12.6. The van der Waals surface area contributed by atoms with E-state index < -0.39 is 90.6 Å². The molecule has 3 aliphatic rings. The number of fused-ring (bicyclic) bond motifs is 3. The number of H-pyrrole nitrogens is 1. The van der Waals surface area contributed by atoms with Crippen LogP contribution in [0.15, 0.2) is 65.5 Å². The van der Waals surface area contributed by atoms with E-state index >= 15 is 4.79 Å². The number of hydrogen-bond donors (Lipinski definition) is 6. The molecule has 71 heavy (non-hydrogen) atoms. The lowest BCUT2D eigenvalue weighted by atomic mass is 9.82. The highest BCUT2D eigenvalue weighted by molar-refractivity contribution is 8.13. The van der Waals surface area contributed by atoms with Crippen molar-refractivity contribution >= 4 is 74.1 Å². The number of aromatic nitrogens is 2. The molecule has 2 aliphatic heterocycles. The van der Waals surface area contributed by atoms with Crippen molar-refractivity contribution in [1.82, 2.24) is 20.6 Å². The number of carbonyl (C=O) groups excluding carboxylic acids is 4. The van der Waals surface area contributed by atoms with Crippen LogP contribution in [0.5, 0.6) is 5.75 Å². The van der Waals surface area contributed by atoms with Gasteiger partial charge in [-0.25, -0.2) is 9.59 Å². The first-order chi connectivity index (χ1) is 34.0. The SMILES string of the molecule is CC#C/C=C\C#C[C@H](OC1OC(C)C(SC)(C(=O)c2nccc3c2[nH]c2ccc(OCC(=O)O)cc23)C(O)C1OC1CC(OC)C(NC(C)C)CO1)C1=C(NC(=O)OC)C(=O)C[C@H](O)/C1=C/CSC(C)=O. The Bertz CT molecular complexity index is 2710. The minimum Gasteiger partial charge on any atom is -0.482 e. The molecule has 6 N–H and O–H groups in total. The van der Waals surface area contributed by atoms with Crippen LogP contribution in [0.2, 0.25) is 0 Å². The van der Waals surface area contributed by atoms with Crippen molar-refractivity contribution in [3.05, 3.63) is 71.2 Å². The van der Waals surface area contributed by atoms with Crippen molar-refractivity contribution in [1.29, 1.82) is 0 Å². The van der Waals surface area contributed by atoms with Gasteiger partial charge in [-0.1, -0.05) is 49.4 Å². The second-order valence-corrected chi connectivity index (χ2v) is 19.1. The van der Waals surface area contributed by atoms with Crippen molar-refractivity contribution in [2.24, 2.45) is 0 Å². The number of thioether (sulfide) groups is 2. The number of aliphatic hydroxyl groups excluding tert-OH is 2. The first kappa shape index (κ1) is 54.8. The fourth-order valence-electron chi connectivity index (χ4n) is 8.74. The molecule has 0 saturated carbocycles. The first-order valence-corrected chi connectivity index (χ1v) is 24.8. The van der Waals surface area contributed by atoms with E-state index in [4.69, 9.17) is 33.2 Å². The van der Waals surface area contributed by atoms with Gasteiger partial charge in [0.25, 0.3) is 0 Å². The van der Waals surface area contributed by atoms with Gasteiger partial charge in [0.2, 0.25) is 5.78 Å². The molecule has 0 bridgehead atoms. The summed E-state index contributed by atoms with van der Waals surface area (Å²) in [5.74, 6) is 9.18. The lowest BCUT2D eigenvalue weighted by Crippen LogP contribution is -2.68. The lowest BCUT2D eigenvalue weighted by Gasteiger charge is -2.51. The summed E-state index contributed by atoms with van der Waals surface area (Å²) in [6.07, 6.45) is -4.46. The minimum atomic E-state index is -1.87. The fourth-order valence-corrected chi connectivity index (χ4v) is 10.3. The summed E-state index contributed by atoms with van der Waals surface area (Å²) >= 11 is 1.94. The first-order valence-electron chi connectivity index (χ1n) is 22.6. The number of aliphatic carboxylic acids is 1. The molecule has 1 aliphatic carbocycles. The molecule has 1 amide bonds. The molecular weight excluding hydrogens is 961 g/mol. The number of rotatable bonds is 17. The summed E-state index contributed by atoms with van der Waals surface area (Å²) in [6, 6.07) is 6.48. The summed E-state index contributed by atoms with van der Waals surface area (Å²) in [4.78, 5) is 73.2. The molecule has 21 heteroatoms. The van der Waals surface area contributed by atoms with Crippen LogP contribution in [0, 0.1) is 23.7 Å². The van der Waals surface area contributed by atoms with Crippen molar-refractivity contribution in [3.8, 4) is 29.4 Å². The van der Waals surface area contributed by atoms with Crippen LogP contribution in [-0.2, 0) is 42.8 Å². The normalized spacial score (nSPS) is 26.7. The Labute approximate surface area is 419 Å². The number of ketones is 2. The number of benzene rings is 1. The summed E-state index contributed by atoms with van der Waals surface area (Å²) in [6.45, 7) is 8.14. The Hall–Kier alpha value is -5.56. The Balaban J connectivity index is 1.50. The Morgan fingerprint density at radius 1 is 1.11 bits per heavy atom. The summed E-state index contributed by atoms with van der Waals surface area (Å²) in [5, 5.41) is 40.6. The van der Waals surface area contributed by atoms with E-state index in [-0.39, 0.29) is 64.3 Å². The highest BCUT2D eigenvalue weighted by Gasteiger charge is 2.61. The molecule has 6 rings (SSSR count). The molecule has 3 aromatic rings. The van der Waals surface area contributed by atoms with Gasteiger partial charge in [0.1, 0.15) is 34.5 Å². The van der Waals surface area contributed by atoms with Crippen LogP contribution in [0.1, 0.15) is 57.9 Å². The highest BCUT2D eigenvalue weighted by atomic mass is 32.2. The quantitative estimate of drug-likeness (QED) is 0.0818. The number of alkyl carbamates (subject to hydrolysis) is 1. The average Bonchev–Trinajstić information content (AvgIpc) is 3.71. The van der Waals surface area contributed by atoms with Crippen LogP contribution in [-0.4, -0.2) is 160 Å². The maximum Gasteiger partial charge on any atom is 0.411 e. The third-order valence-electron chi connectivity index (χ3n) is 12.0. The number of carboxylic acid groups (broad SMARTS) is 1. The minimum absolute atomic E-state index is 0.0491. The van der Waals surface area contributed by atoms with Gasteiger partial charge in [-0.05, 0) is 62.1 Å². The molecule has 8 unspecified atom stereocenters. The monoisotopic (exact) mass is 1020 g/mol. The third-order valence-corrected chi connectivity index (χ3v) is 14.1. The highest BCUT2D eigenvalue weighted by Crippen LogP contribution is 2.46. The van der Waals surface area contributed by atoms with Crippen LogP contribution >= 0.6 is 23.5 Å². The molecule has 0 radical (unpaired) electrons. The van der Waals surface area contributed by atoms with E-state index in [1.54, 1.807) is 51.5 Å². The molecule has 2 saturated heterocycles. The number of allylic oxidation sites excluding steroid dienone is 3. The van der Waals surface area contributed by atoms with E-state index in [1.807, 2.05) is 13.8 Å². The largest absolute Gasteiger partial charge is 0.482 e. The fraction of sp³-hybridized carbons (Fsp3) is 0.480. The zero-order valence-electron chi connectivity index (χ0n) is 40.4. The number of nitrogens with zero attached hydrogens (tertiary/aromatic N) is 1.